The number of carbonyl (C=O) groups is 1. The van der Waals surface area contributed by atoms with Gasteiger partial charge in [0.15, 0.2) is 0 Å². The molecule has 0 spiro atoms. The van der Waals surface area contributed by atoms with Crippen LogP contribution in [0.25, 0.3) is 0 Å². The van der Waals surface area contributed by atoms with Gasteiger partial charge in [0.2, 0.25) is 0 Å². The Balaban J connectivity index is 3.14. The fourth-order valence-corrected chi connectivity index (χ4v) is 1.59. The highest BCUT2D eigenvalue weighted by Crippen LogP contribution is 2.28. The first-order valence-corrected chi connectivity index (χ1v) is 4.88. The molecule has 0 N–H and O–H groups in total. The summed E-state index contributed by atoms with van der Waals surface area (Å²) in [5.41, 5.74) is 2.11. The zero-order chi connectivity index (χ0) is 10.6. The van der Waals surface area contributed by atoms with E-state index in [2.05, 4.69) is 0 Å². The molecule has 14 heavy (non-hydrogen) atoms. The molecule has 0 aromatic heterocycles. The number of hydrogen-bond acceptors (Lipinski definition) is 2. The Morgan fingerprint density at radius 1 is 1.50 bits per heavy atom. The standard InChI is InChI=1S/C12H16O2/c1-4-14-11-7-5-6-9(2)12(11)10(3)8-13/h5-8,10H,4H2,1-3H3. The molecular formula is C12H16O2. The normalized spacial score (nSPS) is 12.2. The van der Waals surface area contributed by atoms with Crippen molar-refractivity contribution in [1.82, 2.24) is 0 Å². The van der Waals surface area contributed by atoms with Crippen molar-refractivity contribution in [3.8, 4) is 5.75 Å². The van der Waals surface area contributed by atoms with Gasteiger partial charge in [-0.25, -0.2) is 0 Å². The zero-order valence-corrected chi connectivity index (χ0v) is 8.91. The van der Waals surface area contributed by atoms with Crippen LogP contribution in [0.15, 0.2) is 18.2 Å². The van der Waals surface area contributed by atoms with E-state index < -0.39 is 0 Å². The summed E-state index contributed by atoms with van der Waals surface area (Å²) in [6, 6.07) is 5.85. The van der Waals surface area contributed by atoms with E-state index in [1.54, 1.807) is 0 Å². The molecule has 2 heteroatoms. The molecular weight excluding hydrogens is 176 g/mol. The van der Waals surface area contributed by atoms with Crippen molar-refractivity contribution >= 4 is 6.29 Å². The average molecular weight is 192 g/mol. The maximum Gasteiger partial charge on any atom is 0.127 e. The molecule has 1 rings (SSSR count). The van der Waals surface area contributed by atoms with Crippen molar-refractivity contribution < 1.29 is 9.53 Å². The lowest BCUT2D eigenvalue weighted by Gasteiger charge is -2.14. The summed E-state index contributed by atoms with van der Waals surface area (Å²) in [6.07, 6.45) is 0.949. The topological polar surface area (TPSA) is 26.3 Å². The Kier molecular flexibility index (Phi) is 3.69. The minimum Gasteiger partial charge on any atom is -0.494 e. The van der Waals surface area contributed by atoms with Crippen molar-refractivity contribution in [2.24, 2.45) is 0 Å². The molecule has 0 saturated carbocycles. The van der Waals surface area contributed by atoms with Gasteiger partial charge in [0.1, 0.15) is 12.0 Å². The maximum absolute atomic E-state index is 10.8. The monoisotopic (exact) mass is 192 g/mol. The lowest BCUT2D eigenvalue weighted by Crippen LogP contribution is -2.03. The summed E-state index contributed by atoms with van der Waals surface area (Å²) < 4.78 is 5.48. The fraction of sp³-hybridized carbons (Fsp3) is 0.417. The van der Waals surface area contributed by atoms with E-state index >= 15 is 0 Å². The van der Waals surface area contributed by atoms with Crippen LogP contribution in [0.2, 0.25) is 0 Å². The zero-order valence-electron chi connectivity index (χ0n) is 8.91. The van der Waals surface area contributed by atoms with Crippen LogP contribution < -0.4 is 4.74 Å². The highest BCUT2D eigenvalue weighted by Gasteiger charge is 2.12. The Morgan fingerprint density at radius 3 is 2.79 bits per heavy atom. The van der Waals surface area contributed by atoms with Crippen LogP contribution in [0.4, 0.5) is 0 Å². The quantitative estimate of drug-likeness (QED) is 0.685. The lowest BCUT2D eigenvalue weighted by molar-refractivity contribution is -0.108. The van der Waals surface area contributed by atoms with Gasteiger partial charge in [-0.2, -0.15) is 0 Å². The van der Waals surface area contributed by atoms with E-state index in [1.165, 1.54) is 0 Å². The van der Waals surface area contributed by atoms with E-state index in [0.717, 1.165) is 23.2 Å². The molecule has 0 amide bonds. The van der Waals surface area contributed by atoms with Gasteiger partial charge in [-0.3, -0.25) is 0 Å². The second-order valence-electron chi connectivity index (χ2n) is 3.34. The summed E-state index contributed by atoms with van der Waals surface area (Å²) in [4.78, 5) is 10.8. The van der Waals surface area contributed by atoms with Gasteiger partial charge in [0.25, 0.3) is 0 Å². The molecule has 2 nitrogen and oxygen atoms in total. The van der Waals surface area contributed by atoms with Gasteiger partial charge in [-0.05, 0) is 25.5 Å². The van der Waals surface area contributed by atoms with E-state index in [0.29, 0.717) is 6.61 Å². The van der Waals surface area contributed by atoms with E-state index in [9.17, 15) is 4.79 Å². The van der Waals surface area contributed by atoms with Crippen LogP contribution in [0, 0.1) is 6.92 Å². The molecule has 1 aromatic carbocycles. The van der Waals surface area contributed by atoms with Crippen molar-refractivity contribution in [1.29, 1.82) is 0 Å². The smallest absolute Gasteiger partial charge is 0.127 e. The minimum absolute atomic E-state index is 0.0993. The fourth-order valence-electron chi connectivity index (χ4n) is 1.59. The number of ether oxygens (including phenoxy) is 1. The first-order chi connectivity index (χ1) is 6.70. The molecule has 0 bridgehead atoms. The van der Waals surface area contributed by atoms with Crippen LogP contribution in [0.5, 0.6) is 5.75 Å². The first-order valence-electron chi connectivity index (χ1n) is 4.88. The summed E-state index contributed by atoms with van der Waals surface area (Å²) >= 11 is 0. The van der Waals surface area contributed by atoms with Crippen LogP contribution >= 0.6 is 0 Å². The van der Waals surface area contributed by atoms with Crippen LogP contribution in [-0.4, -0.2) is 12.9 Å². The molecule has 1 unspecified atom stereocenters. The molecule has 1 aromatic rings. The predicted octanol–water partition coefficient (Wildman–Crippen LogP) is 2.70. The molecule has 0 heterocycles. The average Bonchev–Trinajstić information content (AvgIpc) is 2.18. The van der Waals surface area contributed by atoms with Crippen LogP contribution in [0.3, 0.4) is 0 Å². The SMILES string of the molecule is CCOc1cccc(C)c1C(C)C=O. The second-order valence-corrected chi connectivity index (χ2v) is 3.34. The highest BCUT2D eigenvalue weighted by molar-refractivity contribution is 5.65. The molecule has 76 valence electrons. The van der Waals surface area contributed by atoms with Crippen molar-refractivity contribution in [2.75, 3.05) is 6.61 Å². The number of carbonyl (C=O) groups excluding carboxylic acids is 1. The van der Waals surface area contributed by atoms with Crippen molar-refractivity contribution in [3.05, 3.63) is 29.3 Å². The van der Waals surface area contributed by atoms with Gasteiger partial charge in [0.05, 0.1) is 6.61 Å². The van der Waals surface area contributed by atoms with Gasteiger partial charge in [-0.15, -0.1) is 0 Å². The van der Waals surface area contributed by atoms with Crippen molar-refractivity contribution in [3.63, 3.8) is 0 Å². The van der Waals surface area contributed by atoms with Gasteiger partial charge < -0.3 is 9.53 Å². The third-order valence-corrected chi connectivity index (χ3v) is 2.24. The van der Waals surface area contributed by atoms with E-state index in [1.807, 2.05) is 39.0 Å². The summed E-state index contributed by atoms with van der Waals surface area (Å²) in [5.74, 6) is 0.727. The summed E-state index contributed by atoms with van der Waals surface area (Å²) in [5, 5.41) is 0. The van der Waals surface area contributed by atoms with E-state index in [-0.39, 0.29) is 5.92 Å². The third kappa shape index (κ3) is 2.13. The summed E-state index contributed by atoms with van der Waals surface area (Å²) in [7, 11) is 0. The predicted molar refractivity (Wildman–Crippen MR) is 56.8 cm³/mol. The molecule has 0 aliphatic carbocycles. The molecule has 1 atom stereocenters. The Bertz CT molecular complexity index is 318. The third-order valence-electron chi connectivity index (χ3n) is 2.24. The summed E-state index contributed by atoms with van der Waals surface area (Å²) in [6.45, 7) is 6.45. The van der Waals surface area contributed by atoms with E-state index in [4.69, 9.17) is 4.74 Å². The lowest BCUT2D eigenvalue weighted by atomic mass is 9.96. The van der Waals surface area contributed by atoms with Gasteiger partial charge in [0, 0.05) is 11.5 Å². The minimum atomic E-state index is -0.0993. The molecule has 0 fully saturated rings. The first kappa shape index (κ1) is 10.8. The van der Waals surface area contributed by atoms with Gasteiger partial charge >= 0.3 is 0 Å². The number of aryl methyl sites for hydroxylation is 1. The number of aldehydes is 1. The second kappa shape index (κ2) is 4.80. The Labute approximate surface area is 84.9 Å². The maximum atomic E-state index is 10.8. The largest absolute Gasteiger partial charge is 0.494 e. The Morgan fingerprint density at radius 2 is 2.21 bits per heavy atom. The number of rotatable bonds is 4. The molecule has 0 saturated heterocycles. The van der Waals surface area contributed by atoms with Crippen LogP contribution in [-0.2, 0) is 4.79 Å². The molecule has 0 aliphatic rings. The van der Waals surface area contributed by atoms with Crippen LogP contribution in [0.1, 0.15) is 30.9 Å². The molecule has 0 radical (unpaired) electrons. The van der Waals surface area contributed by atoms with Gasteiger partial charge in [-0.1, -0.05) is 19.1 Å². The molecule has 0 aliphatic heterocycles. The number of hydrogen-bond donors (Lipinski definition) is 0. The van der Waals surface area contributed by atoms with Crippen molar-refractivity contribution in [2.45, 2.75) is 26.7 Å². The highest BCUT2D eigenvalue weighted by atomic mass is 16.5. The Hall–Kier alpha value is -1.31. The number of benzene rings is 1.